The van der Waals surface area contributed by atoms with Gasteiger partial charge >= 0.3 is 0 Å². The zero-order chi connectivity index (χ0) is 12.5. The van der Waals surface area contributed by atoms with Gasteiger partial charge in [-0.1, -0.05) is 0 Å². The number of carbonyl (C=O) groups excluding carboxylic acids is 2. The first-order valence-corrected chi connectivity index (χ1v) is 6.31. The summed E-state index contributed by atoms with van der Waals surface area (Å²) in [5, 5.41) is 5.96. The molecule has 5 nitrogen and oxygen atoms in total. The summed E-state index contributed by atoms with van der Waals surface area (Å²) in [4.78, 5) is 25.4. The standard InChI is InChI=1S/C12H21N3O2/c1-12(2)11(17)14-5-6-15(12)10(16)8-13-7-9-3-4-9/h9,13H,3-8H2,1-2H3,(H,14,17). The fourth-order valence-electron chi connectivity index (χ4n) is 2.14. The van der Waals surface area contributed by atoms with Crippen molar-refractivity contribution in [3.05, 3.63) is 0 Å². The van der Waals surface area contributed by atoms with Crippen molar-refractivity contribution in [2.75, 3.05) is 26.2 Å². The van der Waals surface area contributed by atoms with E-state index in [2.05, 4.69) is 10.6 Å². The van der Waals surface area contributed by atoms with Crippen molar-refractivity contribution in [3.63, 3.8) is 0 Å². The van der Waals surface area contributed by atoms with E-state index in [1.165, 1.54) is 12.8 Å². The fourth-order valence-corrected chi connectivity index (χ4v) is 2.14. The Morgan fingerprint density at radius 3 is 2.88 bits per heavy atom. The van der Waals surface area contributed by atoms with E-state index in [9.17, 15) is 9.59 Å². The number of rotatable bonds is 4. The van der Waals surface area contributed by atoms with Crippen LogP contribution in [0.3, 0.4) is 0 Å². The highest BCUT2D eigenvalue weighted by Gasteiger charge is 2.40. The second-order valence-corrected chi connectivity index (χ2v) is 5.43. The molecule has 1 saturated heterocycles. The molecule has 1 aliphatic heterocycles. The zero-order valence-electron chi connectivity index (χ0n) is 10.6. The number of carbonyl (C=O) groups is 2. The first kappa shape index (κ1) is 12.4. The van der Waals surface area contributed by atoms with Crippen LogP contribution in [-0.2, 0) is 9.59 Å². The fraction of sp³-hybridized carbons (Fsp3) is 0.833. The summed E-state index contributed by atoms with van der Waals surface area (Å²) < 4.78 is 0. The Labute approximate surface area is 102 Å². The quantitative estimate of drug-likeness (QED) is 0.709. The average molecular weight is 239 g/mol. The van der Waals surface area contributed by atoms with Gasteiger partial charge in [0.2, 0.25) is 11.8 Å². The number of nitrogens with one attached hydrogen (secondary N) is 2. The summed E-state index contributed by atoms with van der Waals surface area (Å²) in [7, 11) is 0. The molecule has 0 spiro atoms. The third kappa shape index (κ3) is 2.77. The molecule has 2 fully saturated rings. The third-order valence-corrected chi connectivity index (χ3v) is 3.56. The lowest BCUT2D eigenvalue weighted by molar-refractivity contribution is -0.148. The van der Waals surface area contributed by atoms with Gasteiger partial charge in [0, 0.05) is 13.1 Å². The smallest absolute Gasteiger partial charge is 0.245 e. The van der Waals surface area contributed by atoms with Crippen LogP contribution in [0.2, 0.25) is 0 Å². The Morgan fingerprint density at radius 1 is 1.53 bits per heavy atom. The highest BCUT2D eigenvalue weighted by atomic mass is 16.2. The topological polar surface area (TPSA) is 61.4 Å². The number of hydrogen-bond acceptors (Lipinski definition) is 3. The van der Waals surface area contributed by atoms with E-state index >= 15 is 0 Å². The molecular formula is C12H21N3O2. The molecule has 0 aromatic heterocycles. The lowest BCUT2D eigenvalue weighted by atomic mass is 9.99. The molecule has 1 heterocycles. The minimum absolute atomic E-state index is 0.0190. The molecule has 5 heteroatoms. The van der Waals surface area contributed by atoms with Crippen LogP contribution in [0.15, 0.2) is 0 Å². The van der Waals surface area contributed by atoms with Crippen LogP contribution in [-0.4, -0.2) is 48.4 Å². The van der Waals surface area contributed by atoms with Gasteiger partial charge < -0.3 is 15.5 Å². The molecule has 0 aromatic rings. The molecule has 2 amide bonds. The van der Waals surface area contributed by atoms with Gasteiger partial charge in [-0.05, 0) is 39.2 Å². The molecule has 1 aliphatic carbocycles. The van der Waals surface area contributed by atoms with Gasteiger partial charge in [-0.25, -0.2) is 0 Å². The first-order valence-electron chi connectivity index (χ1n) is 6.31. The molecule has 2 rings (SSSR count). The summed E-state index contributed by atoms with van der Waals surface area (Å²) in [5.41, 5.74) is -0.726. The number of hydrogen-bond donors (Lipinski definition) is 2. The molecule has 0 radical (unpaired) electrons. The predicted molar refractivity (Wildman–Crippen MR) is 64.4 cm³/mol. The van der Waals surface area contributed by atoms with E-state index < -0.39 is 5.54 Å². The van der Waals surface area contributed by atoms with E-state index in [1.807, 2.05) is 0 Å². The Hall–Kier alpha value is -1.10. The Morgan fingerprint density at radius 2 is 2.24 bits per heavy atom. The maximum absolute atomic E-state index is 12.0. The van der Waals surface area contributed by atoms with Crippen LogP contribution in [0.25, 0.3) is 0 Å². The van der Waals surface area contributed by atoms with Crippen LogP contribution in [0, 0.1) is 5.92 Å². The van der Waals surface area contributed by atoms with Gasteiger partial charge in [0.1, 0.15) is 5.54 Å². The molecule has 0 bridgehead atoms. The molecule has 2 aliphatic rings. The summed E-state index contributed by atoms with van der Waals surface area (Å²) >= 11 is 0. The summed E-state index contributed by atoms with van der Waals surface area (Å²) in [6.07, 6.45) is 2.55. The van der Waals surface area contributed by atoms with Crippen molar-refractivity contribution in [2.45, 2.75) is 32.2 Å². The second kappa shape index (κ2) is 4.64. The maximum Gasteiger partial charge on any atom is 0.245 e. The van der Waals surface area contributed by atoms with Gasteiger partial charge in [-0.2, -0.15) is 0 Å². The largest absolute Gasteiger partial charge is 0.352 e. The van der Waals surface area contributed by atoms with Crippen molar-refractivity contribution >= 4 is 11.8 Å². The molecule has 96 valence electrons. The van der Waals surface area contributed by atoms with Crippen LogP contribution >= 0.6 is 0 Å². The van der Waals surface area contributed by atoms with E-state index in [0.717, 1.165) is 12.5 Å². The van der Waals surface area contributed by atoms with Crippen molar-refractivity contribution in [1.29, 1.82) is 0 Å². The molecular weight excluding hydrogens is 218 g/mol. The minimum Gasteiger partial charge on any atom is -0.352 e. The van der Waals surface area contributed by atoms with Crippen molar-refractivity contribution < 1.29 is 9.59 Å². The van der Waals surface area contributed by atoms with Gasteiger partial charge in [0.15, 0.2) is 0 Å². The van der Waals surface area contributed by atoms with Gasteiger partial charge in [-0.15, -0.1) is 0 Å². The van der Waals surface area contributed by atoms with Gasteiger partial charge in [0.25, 0.3) is 0 Å². The first-order chi connectivity index (χ1) is 8.01. The maximum atomic E-state index is 12.0. The summed E-state index contributed by atoms with van der Waals surface area (Å²) in [6, 6.07) is 0. The average Bonchev–Trinajstić information content (AvgIpc) is 3.05. The van der Waals surface area contributed by atoms with Crippen molar-refractivity contribution in [1.82, 2.24) is 15.5 Å². The lowest BCUT2D eigenvalue weighted by Gasteiger charge is -2.41. The summed E-state index contributed by atoms with van der Waals surface area (Å²) in [6.45, 7) is 6.00. The Bertz CT molecular complexity index is 324. The summed E-state index contributed by atoms with van der Waals surface area (Å²) in [5.74, 6) is 0.713. The van der Waals surface area contributed by atoms with E-state index in [0.29, 0.717) is 19.6 Å². The normalized spacial score (nSPS) is 23.4. The minimum atomic E-state index is -0.726. The highest BCUT2D eigenvalue weighted by molar-refractivity contribution is 5.92. The van der Waals surface area contributed by atoms with Crippen LogP contribution < -0.4 is 10.6 Å². The van der Waals surface area contributed by atoms with Crippen LogP contribution in [0.4, 0.5) is 0 Å². The van der Waals surface area contributed by atoms with Crippen LogP contribution in [0.5, 0.6) is 0 Å². The highest BCUT2D eigenvalue weighted by Crippen LogP contribution is 2.27. The van der Waals surface area contributed by atoms with E-state index in [1.54, 1.807) is 18.7 Å². The second-order valence-electron chi connectivity index (χ2n) is 5.43. The SMILES string of the molecule is CC1(C)C(=O)NCCN1C(=O)CNCC1CC1. The molecule has 0 atom stereocenters. The molecule has 1 saturated carbocycles. The lowest BCUT2D eigenvalue weighted by Crippen LogP contribution is -2.64. The van der Waals surface area contributed by atoms with E-state index in [4.69, 9.17) is 0 Å². The van der Waals surface area contributed by atoms with E-state index in [-0.39, 0.29) is 11.8 Å². The third-order valence-electron chi connectivity index (χ3n) is 3.56. The predicted octanol–water partition coefficient (Wildman–Crippen LogP) is -0.277. The monoisotopic (exact) mass is 239 g/mol. The number of nitrogens with zero attached hydrogens (tertiary/aromatic N) is 1. The molecule has 17 heavy (non-hydrogen) atoms. The Balaban J connectivity index is 1.85. The molecule has 2 N–H and O–H groups in total. The number of amides is 2. The van der Waals surface area contributed by atoms with Gasteiger partial charge in [0.05, 0.1) is 6.54 Å². The molecule has 0 unspecified atom stereocenters. The van der Waals surface area contributed by atoms with Crippen molar-refractivity contribution in [3.8, 4) is 0 Å². The van der Waals surface area contributed by atoms with Crippen LogP contribution in [0.1, 0.15) is 26.7 Å². The molecule has 0 aromatic carbocycles. The Kier molecular flexibility index (Phi) is 3.38. The zero-order valence-corrected chi connectivity index (χ0v) is 10.6. The number of piperazine rings is 1. The van der Waals surface area contributed by atoms with Crippen molar-refractivity contribution in [2.24, 2.45) is 5.92 Å². The van der Waals surface area contributed by atoms with Gasteiger partial charge in [-0.3, -0.25) is 9.59 Å².